The van der Waals surface area contributed by atoms with Gasteiger partial charge in [-0.05, 0) is 38.2 Å². The molecule has 0 spiro atoms. The third kappa shape index (κ3) is 3.10. The molecule has 1 N–H and O–H groups in total. The van der Waals surface area contributed by atoms with Crippen molar-refractivity contribution in [3.8, 4) is 5.75 Å². The molecular formula is C14H22N2OS. The lowest BCUT2D eigenvalue weighted by atomic mass is 10.1. The summed E-state index contributed by atoms with van der Waals surface area (Å²) in [6.07, 6.45) is 9.34. The topological polar surface area (TPSA) is 34.1 Å². The maximum Gasteiger partial charge on any atom is 0.168 e. The van der Waals surface area contributed by atoms with E-state index in [1.165, 1.54) is 25.7 Å². The van der Waals surface area contributed by atoms with Crippen LogP contribution in [0.3, 0.4) is 0 Å². The number of hydrogen-bond acceptors (Lipinski definition) is 4. The van der Waals surface area contributed by atoms with Crippen LogP contribution in [0.25, 0.3) is 0 Å². The number of nitrogens with zero attached hydrogens (tertiary/aromatic N) is 1. The number of rotatable bonds is 6. The van der Waals surface area contributed by atoms with Gasteiger partial charge >= 0.3 is 0 Å². The highest BCUT2D eigenvalue weighted by Gasteiger charge is 2.32. The Morgan fingerprint density at radius 1 is 1.44 bits per heavy atom. The van der Waals surface area contributed by atoms with Crippen LogP contribution >= 0.6 is 11.8 Å². The van der Waals surface area contributed by atoms with Gasteiger partial charge in [0.25, 0.3) is 0 Å². The monoisotopic (exact) mass is 266 g/mol. The first kappa shape index (κ1) is 13.5. The zero-order valence-corrected chi connectivity index (χ0v) is 12.1. The quantitative estimate of drug-likeness (QED) is 0.853. The average Bonchev–Trinajstić information content (AvgIpc) is 2.88. The van der Waals surface area contributed by atoms with E-state index in [2.05, 4.69) is 16.6 Å². The Balaban J connectivity index is 2.00. The molecule has 1 fully saturated rings. The van der Waals surface area contributed by atoms with Gasteiger partial charge in [-0.3, -0.25) is 0 Å². The van der Waals surface area contributed by atoms with Gasteiger partial charge in [0.1, 0.15) is 0 Å². The van der Waals surface area contributed by atoms with E-state index in [1.54, 1.807) is 0 Å². The molecule has 2 rings (SSSR count). The first-order valence-corrected chi connectivity index (χ1v) is 7.89. The van der Waals surface area contributed by atoms with Crippen LogP contribution in [0.4, 0.5) is 5.82 Å². The first-order chi connectivity index (χ1) is 8.79. The van der Waals surface area contributed by atoms with E-state index in [9.17, 15) is 0 Å². The van der Waals surface area contributed by atoms with E-state index in [1.807, 2.05) is 37.0 Å². The first-order valence-electron chi connectivity index (χ1n) is 6.66. The van der Waals surface area contributed by atoms with Crippen LogP contribution in [0.1, 0.15) is 32.6 Å². The second kappa shape index (κ2) is 6.32. The van der Waals surface area contributed by atoms with Crippen molar-refractivity contribution in [1.82, 2.24) is 4.98 Å². The van der Waals surface area contributed by atoms with Crippen molar-refractivity contribution in [3.05, 3.63) is 18.3 Å². The van der Waals surface area contributed by atoms with Crippen LogP contribution in [-0.2, 0) is 0 Å². The fourth-order valence-electron chi connectivity index (χ4n) is 2.51. The van der Waals surface area contributed by atoms with Gasteiger partial charge in [-0.2, -0.15) is 11.8 Å². The molecule has 0 bridgehead atoms. The summed E-state index contributed by atoms with van der Waals surface area (Å²) in [5, 5.41) is 3.47. The molecule has 0 amide bonds. The van der Waals surface area contributed by atoms with Crippen LogP contribution in [0, 0.1) is 0 Å². The summed E-state index contributed by atoms with van der Waals surface area (Å²) in [6.45, 7) is 3.65. The van der Waals surface area contributed by atoms with Gasteiger partial charge < -0.3 is 10.1 Å². The summed E-state index contributed by atoms with van der Waals surface area (Å²) in [4.78, 5) is 4.38. The summed E-state index contributed by atoms with van der Waals surface area (Å²) in [5.41, 5.74) is 0. The highest BCUT2D eigenvalue weighted by Crippen LogP contribution is 2.40. The maximum absolute atomic E-state index is 5.59. The van der Waals surface area contributed by atoms with Crippen molar-refractivity contribution in [2.24, 2.45) is 0 Å². The van der Waals surface area contributed by atoms with Gasteiger partial charge in [0.2, 0.25) is 0 Å². The SMILES string of the molecule is CCOc1cccnc1NCC1(SC)CCCC1. The van der Waals surface area contributed by atoms with Gasteiger partial charge in [0, 0.05) is 17.5 Å². The van der Waals surface area contributed by atoms with Crippen LogP contribution in [0.2, 0.25) is 0 Å². The number of anilines is 1. The van der Waals surface area contributed by atoms with Crippen molar-refractivity contribution in [1.29, 1.82) is 0 Å². The molecule has 1 aliphatic rings. The summed E-state index contributed by atoms with van der Waals surface area (Å²) in [6, 6.07) is 3.88. The number of pyridine rings is 1. The Kier molecular flexibility index (Phi) is 4.75. The molecule has 0 unspecified atom stereocenters. The molecule has 3 nitrogen and oxygen atoms in total. The normalized spacial score (nSPS) is 17.7. The molecule has 1 saturated carbocycles. The van der Waals surface area contributed by atoms with Crippen LogP contribution < -0.4 is 10.1 Å². The smallest absolute Gasteiger partial charge is 0.168 e. The van der Waals surface area contributed by atoms with Crippen molar-refractivity contribution < 1.29 is 4.74 Å². The highest BCUT2D eigenvalue weighted by molar-refractivity contribution is 8.00. The zero-order valence-electron chi connectivity index (χ0n) is 11.2. The zero-order chi connectivity index (χ0) is 12.8. The molecule has 1 heterocycles. The number of nitrogens with one attached hydrogen (secondary N) is 1. The van der Waals surface area contributed by atoms with Crippen LogP contribution in [-0.4, -0.2) is 29.1 Å². The number of thioether (sulfide) groups is 1. The number of ether oxygens (including phenoxy) is 1. The second-order valence-electron chi connectivity index (χ2n) is 4.73. The van der Waals surface area contributed by atoms with Crippen molar-refractivity contribution >= 4 is 17.6 Å². The lowest BCUT2D eigenvalue weighted by Gasteiger charge is -2.27. The van der Waals surface area contributed by atoms with Crippen LogP contribution in [0.5, 0.6) is 5.75 Å². The largest absolute Gasteiger partial charge is 0.490 e. The molecule has 1 aromatic rings. The summed E-state index contributed by atoms with van der Waals surface area (Å²) in [5.74, 6) is 1.73. The molecular weight excluding hydrogens is 244 g/mol. The standard InChI is InChI=1S/C14H22N2OS/c1-3-17-12-7-6-10-15-13(12)16-11-14(18-2)8-4-5-9-14/h6-7,10H,3-5,8-9,11H2,1-2H3,(H,15,16). The van der Waals surface area contributed by atoms with Gasteiger partial charge in [-0.1, -0.05) is 12.8 Å². The third-order valence-electron chi connectivity index (χ3n) is 3.60. The maximum atomic E-state index is 5.59. The van der Waals surface area contributed by atoms with Crippen molar-refractivity contribution in [2.75, 3.05) is 24.7 Å². The predicted molar refractivity (Wildman–Crippen MR) is 78.6 cm³/mol. The van der Waals surface area contributed by atoms with E-state index in [4.69, 9.17) is 4.74 Å². The molecule has 0 aromatic carbocycles. The van der Waals surface area contributed by atoms with E-state index in [-0.39, 0.29) is 0 Å². The molecule has 0 aliphatic heterocycles. The molecule has 1 aromatic heterocycles. The predicted octanol–water partition coefficient (Wildman–Crippen LogP) is 3.57. The van der Waals surface area contributed by atoms with Gasteiger partial charge in [0.15, 0.2) is 11.6 Å². The van der Waals surface area contributed by atoms with E-state index < -0.39 is 0 Å². The summed E-state index contributed by atoms with van der Waals surface area (Å²) in [7, 11) is 0. The van der Waals surface area contributed by atoms with E-state index in [0.29, 0.717) is 11.4 Å². The molecule has 100 valence electrons. The highest BCUT2D eigenvalue weighted by atomic mass is 32.2. The molecule has 0 saturated heterocycles. The minimum absolute atomic E-state index is 0.390. The van der Waals surface area contributed by atoms with Crippen molar-refractivity contribution in [3.63, 3.8) is 0 Å². The van der Waals surface area contributed by atoms with Gasteiger partial charge in [0.05, 0.1) is 6.61 Å². The Morgan fingerprint density at radius 2 is 2.22 bits per heavy atom. The van der Waals surface area contributed by atoms with E-state index in [0.717, 1.165) is 18.1 Å². The Morgan fingerprint density at radius 3 is 2.89 bits per heavy atom. The third-order valence-corrected chi connectivity index (χ3v) is 5.01. The van der Waals surface area contributed by atoms with Crippen molar-refractivity contribution in [2.45, 2.75) is 37.4 Å². The Bertz CT molecular complexity index is 378. The summed E-state index contributed by atoms with van der Waals surface area (Å²) < 4.78 is 5.98. The molecule has 18 heavy (non-hydrogen) atoms. The molecule has 0 atom stereocenters. The molecule has 1 aliphatic carbocycles. The minimum Gasteiger partial charge on any atom is -0.490 e. The van der Waals surface area contributed by atoms with E-state index >= 15 is 0 Å². The second-order valence-corrected chi connectivity index (χ2v) is 6.01. The summed E-state index contributed by atoms with van der Waals surface area (Å²) >= 11 is 1.99. The van der Waals surface area contributed by atoms with Gasteiger partial charge in [-0.15, -0.1) is 0 Å². The minimum atomic E-state index is 0.390. The lowest BCUT2D eigenvalue weighted by Crippen LogP contribution is -2.30. The average molecular weight is 266 g/mol. The number of hydrogen-bond donors (Lipinski definition) is 1. The molecule has 0 radical (unpaired) electrons. The lowest BCUT2D eigenvalue weighted by molar-refractivity contribution is 0.340. The van der Waals surface area contributed by atoms with Gasteiger partial charge in [-0.25, -0.2) is 4.98 Å². The fraction of sp³-hybridized carbons (Fsp3) is 0.643. The Hall–Kier alpha value is -0.900. The Labute approximate surface area is 114 Å². The fourth-order valence-corrected chi connectivity index (χ4v) is 3.43. The number of aromatic nitrogens is 1. The van der Waals surface area contributed by atoms with Crippen LogP contribution in [0.15, 0.2) is 18.3 Å². The molecule has 4 heteroatoms.